The zero-order valence-corrected chi connectivity index (χ0v) is 9.59. The van der Waals surface area contributed by atoms with Crippen LogP contribution in [0.2, 0.25) is 5.15 Å². The van der Waals surface area contributed by atoms with E-state index in [1.54, 1.807) is 18.5 Å². The van der Waals surface area contributed by atoms with Crippen LogP contribution in [0.25, 0.3) is 0 Å². The summed E-state index contributed by atoms with van der Waals surface area (Å²) in [6, 6.07) is 5.47. The predicted molar refractivity (Wildman–Crippen MR) is 60.1 cm³/mol. The van der Waals surface area contributed by atoms with Crippen LogP contribution in [0.1, 0.15) is 5.56 Å². The van der Waals surface area contributed by atoms with E-state index in [0.29, 0.717) is 10.3 Å². The molecule has 0 amide bonds. The molecule has 0 fully saturated rings. The molecule has 3 nitrogen and oxygen atoms in total. The number of halogens is 1. The van der Waals surface area contributed by atoms with Crippen LogP contribution in [0.5, 0.6) is 0 Å². The third-order valence-electron chi connectivity index (χ3n) is 1.64. The van der Waals surface area contributed by atoms with Gasteiger partial charge in [-0.05, 0) is 36.4 Å². The smallest absolute Gasteiger partial charge is 0.193 e. The van der Waals surface area contributed by atoms with E-state index in [0.717, 1.165) is 10.6 Å². The molecule has 2 rings (SSSR count). The number of pyridine rings is 1. The fraction of sp³-hybridized carbons (Fsp3) is 0.100. The van der Waals surface area contributed by atoms with Gasteiger partial charge in [0.25, 0.3) is 0 Å². The molecule has 0 radical (unpaired) electrons. The van der Waals surface area contributed by atoms with Gasteiger partial charge in [0.15, 0.2) is 5.16 Å². The van der Waals surface area contributed by atoms with Gasteiger partial charge in [0.05, 0.1) is 0 Å². The molecule has 2 aromatic rings. The van der Waals surface area contributed by atoms with E-state index in [4.69, 9.17) is 11.6 Å². The van der Waals surface area contributed by atoms with Crippen molar-refractivity contribution in [1.82, 2.24) is 15.0 Å². The van der Waals surface area contributed by atoms with E-state index in [-0.39, 0.29) is 0 Å². The molecular formula is C10H8ClN3S. The first kappa shape index (κ1) is 10.4. The average molecular weight is 238 g/mol. The van der Waals surface area contributed by atoms with Crippen LogP contribution < -0.4 is 0 Å². The van der Waals surface area contributed by atoms with Gasteiger partial charge in [0.2, 0.25) is 0 Å². The van der Waals surface area contributed by atoms with Crippen molar-refractivity contribution in [1.29, 1.82) is 0 Å². The summed E-state index contributed by atoms with van der Waals surface area (Å²) in [6.07, 6.45) is 3.56. The summed E-state index contributed by atoms with van der Waals surface area (Å²) < 4.78 is 0. The van der Waals surface area contributed by atoms with Crippen LogP contribution in [-0.4, -0.2) is 15.0 Å². The topological polar surface area (TPSA) is 38.7 Å². The molecule has 2 heterocycles. The van der Waals surface area contributed by atoms with Crippen molar-refractivity contribution in [2.24, 2.45) is 0 Å². The normalized spacial score (nSPS) is 10.3. The van der Waals surface area contributed by atoms with Gasteiger partial charge < -0.3 is 0 Å². The minimum atomic E-state index is 0.479. The number of aromatic nitrogens is 3. The Morgan fingerprint density at radius 2 is 1.93 bits per heavy atom. The lowest BCUT2D eigenvalue weighted by atomic mass is 10.4. The standard InChI is InChI=1S/C10H8ClN3S/c1-7-5-12-10(13-6-7)15-9-4-2-3-8(11)14-9/h2-6H,1H3. The Morgan fingerprint density at radius 1 is 1.20 bits per heavy atom. The third kappa shape index (κ3) is 2.91. The summed E-state index contributed by atoms with van der Waals surface area (Å²) >= 11 is 7.16. The molecule has 0 N–H and O–H groups in total. The molecule has 0 saturated carbocycles. The summed E-state index contributed by atoms with van der Waals surface area (Å²) in [5.41, 5.74) is 1.04. The van der Waals surface area contributed by atoms with Crippen molar-refractivity contribution in [3.63, 3.8) is 0 Å². The molecule has 0 saturated heterocycles. The molecular weight excluding hydrogens is 230 g/mol. The first-order valence-electron chi connectivity index (χ1n) is 4.33. The number of rotatable bonds is 2. The van der Waals surface area contributed by atoms with E-state index < -0.39 is 0 Å². The molecule has 5 heteroatoms. The fourth-order valence-corrected chi connectivity index (χ4v) is 1.88. The van der Waals surface area contributed by atoms with E-state index in [2.05, 4.69) is 15.0 Å². The van der Waals surface area contributed by atoms with Crippen LogP contribution in [-0.2, 0) is 0 Å². The summed E-state index contributed by atoms with van der Waals surface area (Å²) in [6.45, 7) is 1.95. The van der Waals surface area contributed by atoms with Gasteiger partial charge in [-0.2, -0.15) is 0 Å². The predicted octanol–water partition coefficient (Wildman–Crippen LogP) is 2.98. The van der Waals surface area contributed by atoms with Gasteiger partial charge >= 0.3 is 0 Å². The summed E-state index contributed by atoms with van der Waals surface area (Å²) in [7, 11) is 0. The van der Waals surface area contributed by atoms with Crippen LogP contribution in [0.3, 0.4) is 0 Å². The monoisotopic (exact) mass is 237 g/mol. The lowest BCUT2D eigenvalue weighted by Gasteiger charge is -1.99. The fourth-order valence-electron chi connectivity index (χ4n) is 0.973. The molecule has 0 aromatic carbocycles. The zero-order valence-electron chi connectivity index (χ0n) is 8.01. The molecule has 0 aliphatic rings. The maximum absolute atomic E-state index is 5.77. The van der Waals surface area contributed by atoms with Crippen molar-refractivity contribution < 1.29 is 0 Å². The SMILES string of the molecule is Cc1cnc(Sc2cccc(Cl)n2)nc1. The quantitative estimate of drug-likeness (QED) is 0.595. The molecule has 0 spiro atoms. The van der Waals surface area contributed by atoms with Gasteiger partial charge in [-0.25, -0.2) is 15.0 Å². The lowest BCUT2D eigenvalue weighted by Crippen LogP contribution is -1.87. The third-order valence-corrected chi connectivity index (χ3v) is 2.68. The van der Waals surface area contributed by atoms with Gasteiger partial charge in [0.1, 0.15) is 10.2 Å². The van der Waals surface area contributed by atoms with Crippen LogP contribution in [0, 0.1) is 6.92 Å². The highest BCUT2D eigenvalue weighted by Crippen LogP contribution is 2.23. The second-order valence-electron chi connectivity index (χ2n) is 2.94. The van der Waals surface area contributed by atoms with Gasteiger partial charge in [-0.1, -0.05) is 17.7 Å². The van der Waals surface area contributed by atoms with Gasteiger partial charge in [-0.3, -0.25) is 0 Å². The van der Waals surface area contributed by atoms with E-state index in [1.165, 1.54) is 11.8 Å². The number of nitrogens with zero attached hydrogens (tertiary/aromatic N) is 3. The highest BCUT2D eigenvalue weighted by Gasteiger charge is 2.01. The van der Waals surface area contributed by atoms with E-state index in [1.807, 2.05) is 19.1 Å². The summed E-state index contributed by atoms with van der Waals surface area (Å²) in [5.74, 6) is 0. The highest BCUT2D eigenvalue weighted by molar-refractivity contribution is 7.99. The minimum absolute atomic E-state index is 0.479. The molecule has 15 heavy (non-hydrogen) atoms. The Balaban J connectivity index is 2.18. The average Bonchev–Trinajstić information content (AvgIpc) is 2.22. The second-order valence-corrected chi connectivity index (χ2v) is 4.32. The van der Waals surface area contributed by atoms with Crippen LogP contribution in [0.4, 0.5) is 0 Å². The summed E-state index contributed by atoms with van der Waals surface area (Å²) in [4.78, 5) is 12.5. The molecule has 0 aliphatic carbocycles. The Hall–Kier alpha value is -1.13. The summed E-state index contributed by atoms with van der Waals surface area (Å²) in [5, 5.41) is 1.95. The molecule has 0 aliphatic heterocycles. The van der Waals surface area contributed by atoms with E-state index in [9.17, 15) is 0 Å². The van der Waals surface area contributed by atoms with Crippen molar-refractivity contribution in [2.45, 2.75) is 17.1 Å². The van der Waals surface area contributed by atoms with E-state index >= 15 is 0 Å². The first-order chi connectivity index (χ1) is 7.24. The van der Waals surface area contributed by atoms with Gasteiger partial charge in [0, 0.05) is 12.4 Å². The maximum Gasteiger partial charge on any atom is 0.193 e. The number of hydrogen-bond acceptors (Lipinski definition) is 4. The van der Waals surface area contributed by atoms with Gasteiger partial charge in [-0.15, -0.1) is 0 Å². The second kappa shape index (κ2) is 4.59. The molecule has 0 bridgehead atoms. The molecule has 0 atom stereocenters. The van der Waals surface area contributed by atoms with Crippen molar-refractivity contribution in [3.05, 3.63) is 41.3 Å². The maximum atomic E-state index is 5.77. The molecule has 2 aromatic heterocycles. The highest BCUT2D eigenvalue weighted by atomic mass is 35.5. The van der Waals surface area contributed by atoms with Crippen molar-refractivity contribution in [2.75, 3.05) is 0 Å². The minimum Gasteiger partial charge on any atom is -0.231 e. The Morgan fingerprint density at radius 3 is 2.60 bits per heavy atom. The van der Waals surface area contributed by atoms with Crippen molar-refractivity contribution >= 4 is 23.4 Å². The molecule has 0 unspecified atom stereocenters. The van der Waals surface area contributed by atoms with Crippen molar-refractivity contribution in [3.8, 4) is 0 Å². The number of hydrogen-bond donors (Lipinski definition) is 0. The Labute approximate surface area is 96.9 Å². The first-order valence-corrected chi connectivity index (χ1v) is 5.52. The largest absolute Gasteiger partial charge is 0.231 e. The van der Waals surface area contributed by atoms with Crippen LogP contribution >= 0.6 is 23.4 Å². The zero-order chi connectivity index (χ0) is 10.7. The Kier molecular flexibility index (Phi) is 3.18. The van der Waals surface area contributed by atoms with Crippen LogP contribution in [0.15, 0.2) is 40.8 Å². The Bertz CT molecular complexity index is 458. The number of aryl methyl sites for hydroxylation is 1. The molecule has 76 valence electrons. The lowest BCUT2D eigenvalue weighted by molar-refractivity contribution is 0.944.